The van der Waals surface area contributed by atoms with Crippen LogP contribution >= 0.6 is 0 Å². The monoisotopic (exact) mass is 513 g/mol. The number of amides is 2. The third-order valence-electron chi connectivity index (χ3n) is 8.07. The van der Waals surface area contributed by atoms with Crippen molar-refractivity contribution in [1.82, 2.24) is 10.6 Å². The first-order valence-corrected chi connectivity index (χ1v) is 13.1. The topological polar surface area (TPSA) is 137 Å². The minimum Gasteiger partial charge on any atom is -0.469 e. The van der Waals surface area contributed by atoms with E-state index in [1.165, 1.54) is 7.11 Å². The summed E-state index contributed by atoms with van der Waals surface area (Å²) in [6.07, 6.45) is 3.08. The van der Waals surface area contributed by atoms with E-state index >= 15 is 0 Å². The van der Waals surface area contributed by atoms with Gasteiger partial charge in [-0.2, -0.15) is 0 Å². The number of benzene rings is 1. The molecule has 4 aliphatic carbocycles. The van der Waals surface area contributed by atoms with Crippen molar-refractivity contribution in [2.24, 2.45) is 28.9 Å². The maximum atomic E-state index is 14.3. The molecule has 5 rings (SSSR count). The highest BCUT2D eigenvalue weighted by Gasteiger charge is 2.68. The average molecular weight is 514 g/mol. The molecule has 0 heterocycles. The normalized spacial score (nSPS) is 30.8. The molecular formula is C28H39N3O6. The van der Waals surface area contributed by atoms with Crippen molar-refractivity contribution in [2.75, 3.05) is 13.7 Å². The highest BCUT2D eigenvalue weighted by molar-refractivity contribution is 5.97. The summed E-state index contributed by atoms with van der Waals surface area (Å²) < 4.78 is 10.4. The summed E-state index contributed by atoms with van der Waals surface area (Å²) in [4.78, 5) is 52.5. The molecule has 1 aromatic rings. The second-order valence-electron chi connectivity index (χ2n) is 12.2. The second kappa shape index (κ2) is 10.1. The van der Waals surface area contributed by atoms with Crippen LogP contribution in [0.1, 0.15) is 58.4 Å². The van der Waals surface area contributed by atoms with Gasteiger partial charge in [-0.25, -0.2) is 4.79 Å². The van der Waals surface area contributed by atoms with E-state index in [0.29, 0.717) is 37.5 Å². The molecule has 0 radical (unpaired) electrons. The molecule has 4 N–H and O–H groups in total. The zero-order valence-corrected chi connectivity index (χ0v) is 22.2. The largest absolute Gasteiger partial charge is 0.469 e. The Morgan fingerprint density at radius 2 is 1.68 bits per heavy atom. The number of nitrogens with two attached hydrogens (primary N) is 1. The predicted molar refractivity (Wildman–Crippen MR) is 136 cm³/mol. The molecule has 4 fully saturated rings. The van der Waals surface area contributed by atoms with Gasteiger partial charge < -0.3 is 25.8 Å². The lowest BCUT2D eigenvalue weighted by Crippen LogP contribution is -2.72. The first kappa shape index (κ1) is 27.1. The van der Waals surface area contributed by atoms with Crippen molar-refractivity contribution in [1.29, 1.82) is 0 Å². The van der Waals surface area contributed by atoms with Gasteiger partial charge in [-0.05, 0) is 76.7 Å². The summed E-state index contributed by atoms with van der Waals surface area (Å²) in [5, 5.41) is 5.25. The smallest absolute Gasteiger partial charge is 0.408 e. The van der Waals surface area contributed by atoms with E-state index < -0.39 is 40.5 Å². The molecule has 4 bridgehead atoms. The Balaban J connectivity index is 1.58. The first-order valence-electron chi connectivity index (χ1n) is 13.1. The number of hydrogen-bond acceptors (Lipinski definition) is 7. The van der Waals surface area contributed by atoms with Crippen LogP contribution in [-0.4, -0.2) is 54.6 Å². The fraction of sp³-hybridized carbons (Fsp3) is 0.643. The molecule has 0 saturated heterocycles. The summed E-state index contributed by atoms with van der Waals surface area (Å²) in [6.45, 7) is 4.84. The number of nitrogens with one attached hydrogen (secondary N) is 2. The standard InChI is InChI=1S/C28H39N3O6/c1-26(2,3)37-25(35)30-16-21(32)31-20(11-17-8-6-5-7-9-17)22(33)23-27(24(34)36-4)12-18-10-19(13-27)15-28(23,29)14-18/h5-9,18-20,23H,10-16,29H2,1-4H3,(H,30,35)(H,31,32)/t18?,19?,20-,23?,27?,28?/m0/s1. The quantitative estimate of drug-likeness (QED) is 0.454. The summed E-state index contributed by atoms with van der Waals surface area (Å²) in [5.41, 5.74) is 5.32. The molecule has 3 unspecified atom stereocenters. The number of esters is 1. The van der Waals surface area contributed by atoms with Crippen LogP contribution in [0.15, 0.2) is 30.3 Å². The van der Waals surface area contributed by atoms with Crippen molar-refractivity contribution in [3.63, 3.8) is 0 Å². The molecule has 0 spiro atoms. The Hall–Kier alpha value is -2.94. The van der Waals surface area contributed by atoms with Crippen LogP contribution in [-0.2, 0) is 30.3 Å². The second-order valence-corrected chi connectivity index (χ2v) is 12.2. The van der Waals surface area contributed by atoms with Gasteiger partial charge in [0.2, 0.25) is 5.91 Å². The van der Waals surface area contributed by atoms with Crippen LogP contribution in [0.25, 0.3) is 0 Å². The number of carbonyl (C=O) groups is 4. The van der Waals surface area contributed by atoms with Gasteiger partial charge in [0.15, 0.2) is 5.78 Å². The van der Waals surface area contributed by atoms with Gasteiger partial charge in [0.05, 0.1) is 24.5 Å². The molecule has 4 aliphatic rings. The van der Waals surface area contributed by atoms with Gasteiger partial charge in [0.25, 0.3) is 0 Å². The number of methoxy groups -OCH3 is 1. The Labute approximate surface area is 218 Å². The predicted octanol–water partition coefficient (Wildman–Crippen LogP) is 2.50. The molecule has 9 heteroatoms. The minimum absolute atomic E-state index is 0.245. The van der Waals surface area contributed by atoms with Crippen molar-refractivity contribution in [2.45, 2.75) is 76.5 Å². The van der Waals surface area contributed by atoms with Crippen LogP contribution in [0.3, 0.4) is 0 Å². The Morgan fingerprint density at radius 1 is 1.05 bits per heavy atom. The third-order valence-corrected chi connectivity index (χ3v) is 8.07. The number of rotatable bonds is 8. The van der Waals surface area contributed by atoms with E-state index in [1.807, 2.05) is 30.3 Å². The number of ether oxygens (including phenoxy) is 2. The molecule has 0 aromatic heterocycles. The van der Waals surface area contributed by atoms with Crippen LogP contribution in [0, 0.1) is 23.2 Å². The molecule has 37 heavy (non-hydrogen) atoms. The molecule has 0 aliphatic heterocycles. The van der Waals surface area contributed by atoms with Gasteiger partial charge in [0.1, 0.15) is 12.1 Å². The summed E-state index contributed by atoms with van der Waals surface area (Å²) in [5.74, 6) is -1.33. The highest BCUT2D eigenvalue weighted by Crippen LogP contribution is 2.64. The number of alkyl carbamates (subject to hydrolysis) is 1. The zero-order chi connectivity index (χ0) is 27.0. The van der Waals surface area contributed by atoms with Crippen molar-refractivity contribution in [3.8, 4) is 0 Å². The first-order chi connectivity index (χ1) is 17.3. The van der Waals surface area contributed by atoms with Crippen molar-refractivity contribution < 1.29 is 28.7 Å². The van der Waals surface area contributed by atoms with E-state index in [-0.39, 0.29) is 24.7 Å². The van der Waals surface area contributed by atoms with Crippen molar-refractivity contribution >= 4 is 23.8 Å². The van der Waals surface area contributed by atoms with Crippen LogP contribution in [0.5, 0.6) is 0 Å². The lowest BCUT2D eigenvalue weighted by molar-refractivity contribution is -0.188. The van der Waals surface area contributed by atoms with E-state index in [1.54, 1.807) is 20.8 Å². The maximum Gasteiger partial charge on any atom is 0.408 e. The van der Waals surface area contributed by atoms with Gasteiger partial charge in [0, 0.05) is 5.54 Å². The van der Waals surface area contributed by atoms with E-state index in [4.69, 9.17) is 15.2 Å². The van der Waals surface area contributed by atoms with Crippen LogP contribution < -0.4 is 16.4 Å². The van der Waals surface area contributed by atoms with Crippen LogP contribution in [0.2, 0.25) is 0 Å². The lowest BCUT2D eigenvalue weighted by atomic mass is 9.41. The van der Waals surface area contributed by atoms with Gasteiger partial charge in [-0.3, -0.25) is 14.4 Å². The molecule has 9 nitrogen and oxygen atoms in total. The number of hydrogen-bond donors (Lipinski definition) is 3. The number of carbonyl (C=O) groups excluding carboxylic acids is 4. The molecule has 2 amide bonds. The average Bonchev–Trinajstić information content (AvgIpc) is 2.80. The Kier molecular flexibility index (Phi) is 7.38. The lowest BCUT2D eigenvalue weighted by Gasteiger charge is -2.63. The fourth-order valence-corrected chi connectivity index (χ4v) is 7.27. The van der Waals surface area contributed by atoms with Crippen LogP contribution in [0.4, 0.5) is 4.79 Å². The molecule has 4 atom stereocenters. The number of ketones is 1. The third kappa shape index (κ3) is 5.66. The Bertz CT molecular complexity index is 1040. The van der Waals surface area contributed by atoms with E-state index in [2.05, 4.69) is 10.6 Å². The zero-order valence-electron chi connectivity index (χ0n) is 22.2. The molecular weight excluding hydrogens is 474 g/mol. The molecule has 4 saturated carbocycles. The maximum absolute atomic E-state index is 14.3. The highest BCUT2D eigenvalue weighted by atomic mass is 16.6. The fourth-order valence-electron chi connectivity index (χ4n) is 7.27. The van der Waals surface area contributed by atoms with Gasteiger partial charge >= 0.3 is 12.1 Å². The van der Waals surface area contributed by atoms with E-state index in [0.717, 1.165) is 12.0 Å². The van der Waals surface area contributed by atoms with E-state index in [9.17, 15) is 19.2 Å². The van der Waals surface area contributed by atoms with Gasteiger partial charge in [-0.1, -0.05) is 30.3 Å². The molecule has 202 valence electrons. The Morgan fingerprint density at radius 3 is 2.24 bits per heavy atom. The number of Topliss-reactive ketones (excluding diaryl/α,β-unsaturated/α-hetero) is 1. The summed E-state index contributed by atoms with van der Waals surface area (Å²) in [7, 11) is 1.36. The van der Waals surface area contributed by atoms with Gasteiger partial charge in [-0.15, -0.1) is 0 Å². The minimum atomic E-state index is -0.973. The SMILES string of the molecule is COC(=O)C12CC3CC(CC(N)(C3)C1C(=O)[C@H](Cc1ccccc1)NC(=O)CNC(=O)OC(C)(C)C)C2. The summed E-state index contributed by atoms with van der Waals surface area (Å²) in [6, 6.07) is 8.47. The summed E-state index contributed by atoms with van der Waals surface area (Å²) >= 11 is 0. The van der Waals surface area contributed by atoms with Crippen molar-refractivity contribution in [3.05, 3.63) is 35.9 Å². The molecule has 1 aromatic carbocycles.